The first-order chi connectivity index (χ1) is 14.1. The number of nitrogens with one attached hydrogen (secondary N) is 1. The third-order valence-electron chi connectivity index (χ3n) is 5.07. The van der Waals surface area contributed by atoms with Crippen molar-refractivity contribution in [3.63, 3.8) is 0 Å². The van der Waals surface area contributed by atoms with Crippen molar-refractivity contribution in [2.24, 2.45) is 0 Å². The fraction of sp³-hybridized carbons (Fsp3) is 0.435. The first-order valence-corrected chi connectivity index (χ1v) is 10.6. The molecular formula is C23H31N3O2S. The van der Waals surface area contributed by atoms with E-state index in [2.05, 4.69) is 52.4 Å². The van der Waals surface area contributed by atoms with E-state index in [1.54, 1.807) is 7.11 Å². The first kappa shape index (κ1) is 21.6. The van der Waals surface area contributed by atoms with Gasteiger partial charge in [-0.05, 0) is 61.0 Å². The summed E-state index contributed by atoms with van der Waals surface area (Å²) in [6, 6.07) is 16.5. The van der Waals surface area contributed by atoms with E-state index in [9.17, 15) is 0 Å². The molecule has 0 spiro atoms. The molecule has 1 aliphatic rings. The lowest BCUT2D eigenvalue weighted by Crippen LogP contribution is -2.40. The molecule has 1 N–H and O–H groups in total. The molecule has 1 saturated heterocycles. The quantitative estimate of drug-likeness (QED) is 0.661. The van der Waals surface area contributed by atoms with Gasteiger partial charge in [-0.25, -0.2) is 0 Å². The van der Waals surface area contributed by atoms with Gasteiger partial charge in [0.05, 0.1) is 20.3 Å². The second-order valence-electron chi connectivity index (χ2n) is 7.38. The van der Waals surface area contributed by atoms with E-state index in [-0.39, 0.29) is 0 Å². The molecule has 6 heteroatoms. The lowest BCUT2D eigenvalue weighted by atomic mass is 10.2. The van der Waals surface area contributed by atoms with Gasteiger partial charge in [-0.3, -0.25) is 4.90 Å². The molecule has 0 unspecified atom stereocenters. The molecule has 0 saturated carbocycles. The van der Waals surface area contributed by atoms with E-state index in [1.807, 2.05) is 18.2 Å². The highest BCUT2D eigenvalue weighted by Gasteiger charge is 2.14. The zero-order chi connectivity index (χ0) is 20.5. The number of aryl methyl sites for hydroxylation is 1. The van der Waals surface area contributed by atoms with Gasteiger partial charge in [0.25, 0.3) is 0 Å². The molecule has 0 aromatic heterocycles. The van der Waals surface area contributed by atoms with Crippen LogP contribution in [-0.4, -0.2) is 61.4 Å². The second kappa shape index (κ2) is 11.1. The minimum atomic E-state index is 0.748. The summed E-state index contributed by atoms with van der Waals surface area (Å²) < 4.78 is 10.8. The highest BCUT2D eigenvalue weighted by atomic mass is 32.1. The molecule has 1 heterocycles. The summed E-state index contributed by atoms with van der Waals surface area (Å²) in [6.45, 7) is 8.49. The highest BCUT2D eigenvalue weighted by Crippen LogP contribution is 2.17. The summed E-state index contributed by atoms with van der Waals surface area (Å²) in [5, 5.41) is 4.16. The monoisotopic (exact) mass is 413 g/mol. The average molecular weight is 414 g/mol. The van der Waals surface area contributed by atoms with Crippen molar-refractivity contribution in [3.05, 3.63) is 59.7 Å². The van der Waals surface area contributed by atoms with Crippen LogP contribution in [0.3, 0.4) is 0 Å². The van der Waals surface area contributed by atoms with Crippen molar-refractivity contribution in [2.45, 2.75) is 19.9 Å². The normalized spacial score (nSPS) is 14.4. The van der Waals surface area contributed by atoms with Crippen LogP contribution in [-0.2, 0) is 11.3 Å². The van der Waals surface area contributed by atoms with Gasteiger partial charge in [-0.2, -0.15) is 0 Å². The Hall–Kier alpha value is -2.15. The SMILES string of the molecule is COc1cccc(CN(CCCN2CCOCC2)C(=S)Nc2cccc(C)c2)c1. The number of thiocarbonyl (C=S) groups is 1. The lowest BCUT2D eigenvalue weighted by Gasteiger charge is -2.30. The second-order valence-corrected chi connectivity index (χ2v) is 7.77. The van der Waals surface area contributed by atoms with Crippen LogP contribution >= 0.6 is 12.2 Å². The van der Waals surface area contributed by atoms with Gasteiger partial charge < -0.3 is 19.7 Å². The molecule has 0 radical (unpaired) electrons. The zero-order valence-electron chi connectivity index (χ0n) is 17.4. The van der Waals surface area contributed by atoms with Crippen LogP contribution in [0.5, 0.6) is 5.75 Å². The maximum atomic E-state index is 5.78. The number of anilines is 1. The zero-order valence-corrected chi connectivity index (χ0v) is 18.2. The number of nitrogens with zero attached hydrogens (tertiary/aromatic N) is 2. The largest absolute Gasteiger partial charge is 0.497 e. The molecule has 0 atom stereocenters. The molecule has 156 valence electrons. The smallest absolute Gasteiger partial charge is 0.173 e. The van der Waals surface area contributed by atoms with Gasteiger partial charge in [0.2, 0.25) is 0 Å². The Balaban J connectivity index is 1.64. The molecule has 0 aliphatic carbocycles. The van der Waals surface area contributed by atoms with Gasteiger partial charge in [-0.15, -0.1) is 0 Å². The van der Waals surface area contributed by atoms with Crippen LogP contribution in [0.4, 0.5) is 5.69 Å². The number of hydrogen-bond acceptors (Lipinski definition) is 4. The summed E-state index contributed by atoms with van der Waals surface area (Å²) in [5.41, 5.74) is 3.42. The Bertz CT molecular complexity index is 793. The molecule has 2 aromatic carbocycles. The Morgan fingerprint density at radius 1 is 1.17 bits per heavy atom. The van der Waals surface area contributed by atoms with Crippen molar-refractivity contribution in [2.75, 3.05) is 51.8 Å². The average Bonchev–Trinajstić information content (AvgIpc) is 2.74. The van der Waals surface area contributed by atoms with Gasteiger partial charge >= 0.3 is 0 Å². The number of rotatable bonds is 8. The van der Waals surface area contributed by atoms with E-state index in [4.69, 9.17) is 21.7 Å². The fourth-order valence-corrected chi connectivity index (χ4v) is 3.75. The first-order valence-electron chi connectivity index (χ1n) is 10.2. The molecular weight excluding hydrogens is 382 g/mol. The third kappa shape index (κ3) is 6.99. The summed E-state index contributed by atoms with van der Waals surface area (Å²) in [5.74, 6) is 0.869. The van der Waals surface area contributed by atoms with E-state index in [0.717, 1.165) is 68.9 Å². The molecule has 0 bridgehead atoms. The Kier molecular flexibility index (Phi) is 8.28. The van der Waals surface area contributed by atoms with Crippen molar-refractivity contribution >= 4 is 23.0 Å². The van der Waals surface area contributed by atoms with Gasteiger partial charge in [0.15, 0.2) is 5.11 Å². The van der Waals surface area contributed by atoms with Crippen LogP contribution in [0, 0.1) is 6.92 Å². The molecule has 1 aliphatic heterocycles. The highest BCUT2D eigenvalue weighted by molar-refractivity contribution is 7.80. The molecule has 1 fully saturated rings. The van der Waals surface area contributed by atoms with Crippen LogP contribution in [0.2, 0.25) is 0 Å². The topological polar surface area (TPSA) is 37.0 Å². The van der Waals surface area contributed by atoms with E-state index in [1.165, 1.54) is 11.1 Å². The summed E-state index contributed by atoms with van der Waals surface area (Å²) in [7, 11) is 1.70. The molecule has 3 rings (SSSR count). The van der Waals surface area contributed by atoms with Crippen LogP contribution in [0.15, 0.2) is 48.5 Å². The van der Waals surface area contributed by atoms with E-state index < -0.39 is 0 Å². The van der Waals surface area contributed by atoms with Gasteiger partial charge in [0.1, 0.15) is 5.75 Å². The Morgan fingerprint density at radius 3 is 2.72 bits per heavy atom. The number of ether oxygens (including phenoxy) is 2. The van der Waals surface area contributed by atoms with Gasteiger partial charge in [0, 0.05) is 38.4 Å². The molecule has 0 amide bonds. The minimum absolute atomic E-state index is 0.748. The van der Waals surface area contributed by atoms with Crippen molar-refractivity contribution in [3.8, 4) is 5.75 Å². The summed E-state index contributed by atoms with van der Waals surface area (Å²) >= 11 is 5.78. The van der Waals surface area contributed by atoms with Crippen LogP contribution in [0.25, 0.3) is 0 Å². The summed E-state index contributed by atoms with van der Waals surface area (Å²) in [6.07, 6.45) is 1.06. The lowest BCUT2D eigenvalue weighted by molar-refractivity contribution is 0.0368. The standard InChI is InChI=1S/C23H31N3O2S/c1-19-6-3-8-21(16-19)24-23(29)26(11-5-10-25-12-14-28-15-13-25)18-20-7-4-9-22(17-20)27-2/h3-4,6-9,16-17H,5,10-15,18H2,1-2H3,(H,24,29). The maximum Gasteiger partial charge on any atom is 0.173 e. The summed E-state index contributed by atoms with van der Waals surface area (Å²) in [4.78, 5) is 4.71. The number of benzene rings is 2. The minimum Gasteiger partial charge on any atom is -0.497 e. The van der Waals surface area contributed by atoms with E-state index in [0.29, 0.717) is 0 Å². The maximum absolute atomic E-state index is 5.78. The fourth-order valence-electron chi connectivity index (χ4n) is 3.48. The van der Waals surface area contributed by atoms with E-state index >= 15 is 0 Å². The predicted molar refractivity (Wildman–Crippen MR) is 123 cm³/mol. The van der Waals surface area contributed by atoms with Crippen LogP contribution < -0.4 is 10.1 Å². The predicted octanol–water partition coefficient (Wildman–Crippen LogP) is 3.92. The molecule has 2 aromatic rings. The number of methoxy groups -OCH3 is 1. The van der Waals surface area contributed by atoms with Gasteiger partial charge in [-0.1, -0.05) is 24.3 Å². The molecule has 29 heavy (non-hydrogen) atoms. The van der Waals surface area contributed by atoms with Crippen molar-refractivity contribution in [1.29, 1.82) is 0 Å². The Morgan fingerprint density at radius 2 is 1.97 bits per heavy atom. The number of hydrogen-bond donors (Lipinski definition) is 1. The molecule has 5 nitrogen and oxygen atoms in total. The van der Waals surface area contributed by atoms with Crippen molar-refractivity contribution < 1.29 is 9.47 Å². The third-order valence-corrected chi connectivity index (χ3v) is 5.43. The number of morpholine rings is 1. The van der Waals surface area contributed by atoms with Crippen LogP contribution in [0.1, 0.15) is 17.5 Å². The Labute approximate surface area is 179 Å². The van der Waals surface area contributed by atoms with Crippen molar-refractivity contribution in [1.82, 2.24) is 9.80 Å².